The van der Waals surface area contributed by atoms with E-state index >= 15 is 0 Å². The van der Waals surface area contributed by atoms with Crippen molar-refractivity contribution in [1.29, 1.82) is 0 Å². The fourth-order valence-corrected chi connectivity index (χ4v) is 3.99. The number of nitrogens with zero attached hydrogens (tertiary/aromatic N) is 1. The summed E-state index contributed by atoms with van der Waals surface area (Å²) >= 11 is 7.53. The van der Waals surface area contributed by atoms with E-state index in [2.05, 4.69) is 10.3 Å². The number of nitrogens with one attached hydrogen (secondary N) is 1. The van der Waals surface area contributed by atoms with Crippen molar-refractivity contribution in [3.63, 3.8) is 0 Å². The zero-order valence-electron chi connectivity index (χ0n) is 15.1. The van der Waals surface area contributed by atoms with Crippen LogP contribution < -0.4 is 5.32 Å². The minimum Gasteiger partial charge on any atom is -0.298 e. The van der Waals surface area contributed by atoms with Crippen molar-refractivity contribution in [1.82, 2.24) is 4.98 Å². The average molecular weight is 405 g/mol. The molecule has 1 amide bonds. The van der Waals surface area contributed by atoms with E-state index in [0.717, 1.165) is 27.3 Å². The van der Waals surface area contributed by atoms with Crippen LogP contribution in [0.15, 0.2) is 78.9 Å². The van der Waals surface area contributed by atoms with Gasteiger partial charge in [-0.05, 0) is 42.3 Å². The minimum atomic E-state index is -0.175. The van der Waals surface area contributed by atoms with Crippen molar-refractivity contribution in [3.8, 4) is 22.4 Å². The lowest BCUT2D eigenvalue weighted by molar-refractivity contribution is 0.102. The summed E-state index contributed by atoms with van der Waals surface area (Å²) in [4.78, 5) is 18.2. The molecule has 3 nitrogen and oxygen atoms in total. The van der Waals surface area contributed by atoms with Gasteiger partial charge < -0.3 is 0 Å². The highest BCUT2D eigenvalue weighted by Crippen LogP contribution is 2.31. The molecule has 0 aliphatic heterocycles. The van der Waals surface area contributed by atoms with Gasteiger partial charge in [-0.1, -0.05) is 66.2 Å². The van der Waals surface area contributed by atoms with E-state index in [1.165, 1.54) is 11.3 Å². The number of benzene rings is 3. The molecule has 1 heterocycles. The number of aryl methyl sites for hydroxylation is 1. The maximum Gasteiger partial charge on any atom is 0.257 e. The van der Waals surface area contributed by atoms with Gasteiger partial charge in [0.15, 0.2) is 5.13 Å². The molecule has 138 valence electrons. The van der Waals surface area contributed by atoms with Crippen molar-refractivity contribution < 1.29 is 4.79 Å². The van der Waals surface area contributed by atoms with E-state index in [1.807, 2.05) is 85.8 Å². The SMILES string of the molecule is Cc1sc(NC(=O)c2ccc(-c3ccccc3)cc2)nc1-c1cccc(Cl)c1. The Morgan fingerprint density at radius 2 is 1.57 bits per heavy atom. The van der Waals surface area contributed by atoms with Crippen LogP contribution >= 0.6 is 22.9 Å². The molecule has 4 rings (SSSR count). The molecular formula is C23H17ClN2OS. The number of halogens is 1. The van der Waals surface area contributed by atoms with E-state index in [4.69, 9.17) is 11.6 Å². The highest BCUT2D eigenvalue weighted by molar-refractivity contribution is 7.16. The largest absolute Gasteiger partial charge is 0.298 e. The second-order valence-corrected chi connectivity index (χ2v) is 7.97. The van der Waals surface area contributed by atoms with Gasteiger partial charge in [-0.2, -0.15) is 0 Å². The van der Waals surface area contributed by atoms with Crippen molar-refractivity contribution in [2.45, 2.75) is 6.92 Å². The van der Waals surface area contributed by atoms with Gasteiger partial charge in [0, 0.05) is 21.0 Å². The van der Waals surface area contributed by atoms with Gasteiger partial charge in [-0.25, -0.2) is 4.98 Å². The topological polar surface area (TPSA) is 42.0 Å². The van der Waals surface area contributed by atoms with Gasteiger partial charge in [0.05, 0.1) is 5.69 Å². The number of hydrogen-bond donors (Lipinski definition) is 1. The first-order valence-electron chi connectivity index (χ1n) is 8.80. The summed E-state index contributed by atoms with van der Waals surface area (Å²) < 4.78 is 0. The standard InChI is InChI=1S/C23H17ClN2OS/c1-15-21(19-8-5-9-20(24)14-19)25-23(28-15)26-22(27)18-12-10-17(11-13-18)16-6-3-2-4-7-16/h2-14H,1H3,(H,25,26,27). The predicted octanol–water partition coefficient (Wildman–Crippen LogP) is 6.69. The van der Waals surface area contributed by atoms with Crippen LogP contribution in [0, 0.1) is 6.92 Å². The normalized spacial score (nSPS) is 10.6. The predicted molar refractivity (Wildman–Crippen MR) is 117 cm³/mol. The van der Waals surface area contributed by atoms with Crippen molar-refractivity contribution in [3.05, 3.63) is 94.3 Å². The third kappa shape index (κ3) is 3.98. The monoisotopic (exact) mass is 404 g/mol. The molecule has 0 unspecified atom stereocenters. The molecule has 0 atom stereocenters. The molecule has 28 heavy (non-hydrogen) atoms. The average Bonchev–Trinajstić information content (AvgIpc) is 3.09. The van der Waals surface area contributed by atoms with Crippen LogP contribution in [0.1, 0.15) is 15.2 Å². The Balaban J connectivity index is 1.52. The quantitative estimate of drug-likeness (QED) is 0.411. The molecule has 5 heteroatoms. The smallest absolute Gasteiger partial charge is 0.257 e. The summed E-state index contributed by atoms with van der Waals surface area (Å²) in [5, 5.41) is 4.13. The lowest BCUT2D eigenvalue weighted by Crippen LogP contribution is -2.11. The fourth-order valence-electron chi connectivity index (χ4n) is 2.97. The molecule has 3 aromatic carbocycles. The number of amides is 1. The van der Waals surface area contributed by atoms with Gasteiger partial charge in [0.2, 0.25) is 0 Å². The summed E-state index contributed by atoms with van der Waals surface area (Å²) in [6, 6.07) is 25.2. The Hall–Kier alpha value is -2.95. The van der Waals surface area contributed by atoms with Crippen LogP contribution in [-0.2, 0) is 0 Å². The van der Waals surface area contributed by atoms with Crippen LogP contribution in [0.3, 0.4) is 0 Å². The first kappa shape index (κ1) is 18.4. The zero-order chi connectivity index (χ0) is 19.5. The highest BCUT2D eigenvalue weighted by atomic mass is 35.5. The van der Waals surface area contributed by atoms with E-state index < -0.39 is 0 Å². The molecule has 0 saturated heterocycles. The third-order valence-electron chi connectivity index (χ3n) is 4.37. The number of aromatic nitrogens is 1. The molecular weight excluding hydrogens is 388 g/mol. The summed E-state index contributed by atoms with van der Waals surface area (Å²) in [6.07, 6.45) is 0. The van der Waals surface area contributed by atoms with Crippen molar-refractivity contribution in [2.75, 3.05) is 5.32 Å². The van der Waals surface area contributed by atoms with E-state index in [-0.39, 0.29) is 5.91 Å². The van der Waals surface area contributed by atoms with Crippen molar-refractivity contribution in [2.24, 2.45) is 0 Å². The van der Waals surface area contributed by atoms with Gasteiger partial charge in [0.25, 0.3) is 5.91 Å². The maximum absolute atomic E-state index is 12.6. The summed E-state index contributed by atoms with van der Waals surface area (Å²) in [5.41, 5.74) is 4.56. The van der Waals surface area contributed by atoms with Gasteiger partial charge in [-0.15, -0.1) is 11.3 Å². The van der Waals surface area contributed by atoms with Crippen LogP contribution in [0.25, 0.3) is 22.4 Å². The number of carbonyl (C=O) groups excluding carboxylic acids is 1. The van der Waals surface area contributed by atoms with Gasteiger partial charge in [-0.3, -0.25) is 10.1 Å². The van der Waals surface area contributed by atoms with Crippen LogP contribution in [-0.4, -0.2) is 10.9 Å². The summed E-state index contributed by atoms with van der Waals surface area (Å²) in [5.74, 6) is -0.175. The lowest BCUT2D eigenvalue weighted by atomic mass is 10.0. The molecule has 0 radical (unpaired) electrons. The Morgan fingerprint density at radius 3 is 2.29 bits per heavy atom. The molecule has 0 fully saturated rings. The van der Waals surface area contributed by atoms with E-state index in [0.29, 0.717) is 15.7 Å². The Labute approximate surface area is 172 Å². The molecule has 1 N–H and O–H groups in total. The van der Waals surface area contributed by atoms with E-state index in [1.54, 1.807) is 0 Å². The van der Waals surface area contributed by atoms with Crippen LogP contribution in [0.5, 0.6) is 0 Å². The molecule has 0 aliphatic carbocycles. The maximum atomic E-state index is 12.6. The first-order chi connectivity index (χ1) is 13.6. The van der Waals surface area contributed by atoms with Gasteiger partial charge in [0.1, 0.15) is 0 Å². The molecule has 1 aromatic heterocycles. The number of hydrogen-bond acceptors (Lipinski definition) is 3. The zero-order valence-corrected chi connectivity index (χ0v) is 16.7. The molecule has 0 saturated carbocycles. The number of anilines is 1. The second-order valence-electron chi connectivity index (χ2n) is 6.33. The summed E-state index contributed by atoms with van der Waals surface area (Å²) in [7, 11) is 0. The Kier molecular flexibility index (Phi) is 5.24. The Bertz CT molecular complexity index is 1120. The van der Waals surface area contributed by atoms with E-state index in [9.17, 15) is 4.79 Å². The summed E-state index contributed by atoms with van der Waals surface area (Å²) in [6.45, 7) is 1.98. The number of thiazole rings is 1. The van der Waals surface area contributed by atoms with Crippen LogP contribution in [0.4, 0.5) is 5.13 Å². The van der Waals surface area contributed by atoms with Crippen LogP contribution in [0.2, 0.25) is 5.02 Å². The number of rotatable bonds is 4. The third-order valence-corrected chi connectivity index (χ3v) is 5.49. The lowest BCUT2D eigenvalue weighted by Gasteiger charge is -2.04. The first-order valence-corrected chi connectivity index (χ1v) is 10.00. The molecule has 0 bridgehead atoms. The van der Waals surface area contributed by atoms with Gasteiger partial charge >= 0.3 is 0 Å². The minimum absolute atomic E-state index is 0.175. The highest BCUT2D eigenvalue weighted by Gasteiger charge is 2.13. The second kappa shape index (κ2) is 7.97. The Morgan fingerprint density at radius 1 is 0.893 bits per heavy atom. The fraction of sp³-hybridized carbons (Fsp3) is 0.0435. The number of carbonyl (C=O) groups is 1. The molecule has 4 aromatic rings. The molecule has 0 aliphatic rings. The van der Waals surface area contributed by atoms with Crippen molar-refractivity contribution >= 4 is 34.0 Å². The molecule has 0 spiro atoms.